The van der Waals surface area contributed by atoms with Crippen LogP contribution in [0.1, 0.15) is 27.0 Å². The lowest BCUT2D eigenvalue weighted by molar-refractivity contribution is -0.118. The highest BCUT2D eigenvalue weighted by atomic mass is 19.1. The molecular formula is C25H25FN2O3. The fourth-order valence-electron chi connectivity index (χ4n) is 3.22. The van der Waals surface area contributed by atoms with Crippen molar-refractivity contribution in [2.45, 2.75) is 20.4 Å². The number of anilines is 1. The molecule has 0 bridgehead atoms. The molecule has 3 aromatic rings. The van der Waals surface area contributed by atoms with Crippen LogP contribution in [0.15, 0.2) is 66.7 Å². The van der Waals surface area contributed by atoms with Gasteiger partial charge < -0.3 is 15.0 Å². The van der Waals surface area contributed by atoms with Crippen LogP contribution >= 0.6 is 0 Å². The van der Waals surface area contributed by atoms with E-state index in [-0.39, 0.29) is 18.2 Å². The molecule has 0 aromatic heterocycles. The number of para-hydroxylation sites is 2. The molecule has 0 fully saturated rings. The predicted octanol–water partition coefficient (Wildman–Crippen LogP) is 4.73. The van der Waals surface area contributed by atoms with Gasteiger partial charge in [-0.1, -0.05) is 48.0 Å². The summed E-state index contributed by atoms with van der Waals surface area (Å²) in [5.41, 5.74) is 3.78. The number of benzene rings is 3. The Bertz CT molecular complexity index is 1100. The van der Waals surface area contributed by atoms with Crippen LogP contribution in [0.25, 0.3) is 0 Å². The number of rotatable bonds is 7. The SMILES string of the molecule is Cc1ccc(CN(C)C(=O)c2ccccc2OCC(=O)Nc2ccccc2F)c(C)c1. The molecule has 0 heterocycles. The predicted molar refractivity (Wildman–Crippen MR) is 119 cm³/mol. The normalized spacial score (nSPS) is 10.5. The Morgan fingerprint density at radius 2 is 1.71 bits per heavy atom. The molecule has 0 aliphatic heterocycles. The molecule has 6 heteroatoms. The van der Waals surface area contributed by atoms with Crippen LogP contribution in [-0.2, 0) is 11.3 Å². The summed E-state index contributed by atoms with van der Waals surface area (Å²) in [6, 6.07) is 18.8. The van der Waals surface area contributed by atoms with Gasteiger partial charge in [-0.15, -0.1) is 0 Å². The monoisotopic (exact) mass is 420 g/mol. The van der Waals surface area contributed by atoms with Gasteiger partial charge in [0, 0.05) is 13.6 Å². The molecule has 0 aliphatic carbocycles. The van der Waals surface area contributed by atoms with Crippen LogP contribution < -0.4 is 10.1 Å². The van der Waals surface area contributed by atoms with E-state index in [1.807, 2.05) is 26.0 Å². The van der Waals surface area contributed by atoms with Crippen molar-refractivity contribution in [1.82, 2.24) is 4.90 Å². The molecule has 0 spiro atoms. The molecule has 0 unspecified atom stereocenters. The van der Waals surface area contributed by atoms with E-state index in [2.05, 4.69) is 11.4 Å². The van der Waals surface area contributed by atoms with Crippen LogP contribution in [0, 0.1) is 19.7 Å². The van der Waals surface area contributed by atoms with Gasteiger partial charge in [-0.2, -0.15) is 0 Å². The fraction of sp³-hybridized carbons (Fsp3) is 0.200. The van der Waals surface area contributed by atoms with E-state index < -0.39 is 11.7 Å². The Hall–Kier alpha value is -3.67. The van der Waals surface area contributed by atoms with E-state index in [4.69, 9.17) is 4.74 Å². The van der Waals surface area contributed by atoms with Gasteiger partial charge in [-0.3, -0.25) is 9.59 Å². The molecule has 0 atom stereocenters. The highest BCUT2D eigenvalue weighted by Gasteiger charge is 2.18. The first-order valence-corrected chi connectivity index (χ1v) is 9.93. The van der Waals surface area contributed by atoms with Crippen LogP contribution in [0.3, 0.4) is 0 Å². The first kappa shape index (κ1) is 22.0. The average Bonchev–Trinajstić information content (AvgIpc) is 2.75. The van der Waals surface area contributed by atoms with Crippen molar-refractivity contribution in [2.75, 3.05) is 19.0 Å². The summed E-state index contributed by atoms with van der Waals surface area (Å²) >= 11 is 0. The maximum atomic E-state index is 13.7. The number of carbonyl (C=O) groups excluding carboxylic acids is 2. The third-order valence-corrected chi connectivity index (χ3v) is 4.88. The number of halogens is 1. The second kappa shape index (κ2) is 9.89. The molecule has 0 saturated heterocycles. The Labute approximate surface area is 181 Å². The summed E-state index contributed by atoms with van der Waals surface area (Å²) in [5.74, 6) is -0.968. The molecule has 160 valence electrons. The van der Waals surface area contributed by atoms with Crippen molar-refractivity contribution in [3.63, 3.8) is 0 Å². The van der Waals surface area contributed by atoms with E-state index in [1.165, 1.54) is 23.8 Å². The second-order valence-electron chi connectivity index (χ2n) is 7.40. The smallest absolute Gasteiger partial charge is 0.262 e. The minimum atomic E-state index is -0.528. The molecule has 2 amide bonds. The minimum Gasteiger partial charge on any atom is -0.483 e. The Kier molecular flexibility index (Phi) is 7.03. The van der Waals surface area contributed by atoms with Crippen molar-refractivity contribution in [3.05, 3.63) is 94.8 Å². The van der Waals surface area contributed by atoms with Gasteiger partial charge >= 0.3 is 0 Å². The van der Waals surface area contributed by atoms with Gasteiger partial charge in [0.1, 0.15) is 11.6 Å². The molecule has 1 N–H and O–H groups in total. The zero-order valence-corrected chi connectivity index (χ0v) is 17.8. The van der Waals surface area contributed by atoms with Gasteiger partial charge in [-0.25, -0.2) is 4.39 Å². The highest BCUT2D eigenvalue weighted by molar-refractivity contribution is 5.97. The highest BCUT2D eigenvalue weighted by Crippen LogP contribution is 2.21. The van der Waals surface area contributed by atoms with E-state index in [0.717, 1.165) is 11.1 Å². The lowest BCUT2D eigenvalue weighted by atomic mass is 10.0. The first-order chi connectivity index (χ1) is 14.8. The largest absolute Gasteiger partial charge is 0.483 e. The first-order valence-electron chi connectivity index (χ1n) is 9.93. The average molecular weight is 420 g/mol. The molecule has 5 nitrogen and oxygen atoms in total. The number of hydrogen-bond donors (Lipinski definition) is 1. The van der Waals surface area contributed by atoms with Gasteiger partial charge in [0.05, 0.1) is 11.3 Å². The van der Waals surface area contributed by atoms with Crippen LogP contribution in [0.5, 0.6) is 5.75 Å². The van der Waals surface area contributed by atoms with Crippen molar-refractivity contribution in [1.29, 1.82) is 0 Å². The van der Waals surface area contributed by atoms with Crippen LogP contribution in [0.4, 0.5) is 10.1 Å². The van der Waals surface area contributed by atoms with Gasteiger partial charge in [0.2, 0.25) is 0 Å². The van der Waals surface area contributed by atoms with Gasteiger partial charge in [0.25, 0.3) is 11.8 Å². The number of carbonyl (C=O) groups is 2. The second-order valence-corrected chi connectivity index (χ2v) is 7.40. The Morgan fingerprint density at radius 3 is 2.45 bits per heavy atom. The number of amides is 2. The van der Waals surface area contributed by atoms with Crippen molar-refractivity contribution >= 4 is 17.5 Å². The summed E-state index contributed by atoms with van der Waals surface area (Å²) in [4.78, 5) is 26.8. The zero-order valence-electron chi connectivity index (χ0n) is 17.8. The summed E-state index contributed by atoms with van der Waals surface area (Å²) < 4.78 is 19.3. The van der Waals surface area contributed by atoms with E-state index in [0.29, 0.717) is 17.9 Å². The van der Waals surface area contributed by atoms with Crippen LogP contribution in [0.2, 0.25) is 0 Å². The van der Waals surface area contributed by atoms with Crippen molar-refractivity contribution in [2.24, 2.45) is 0 Å². The summed E-state index contributed by atoms with van der Waals surface area (Å²) in [6.45, 7) is 4.15. The molecule has 0 saturated carbocycles. The lowest BCUT2D eigenvalue weighted by Gasteiger charge is -2.20. The van der Waals surface area contributed by atoms with Gasteiger partial charge in [-0.05, 0) is 49.2 Å². The van der Waals surface area contributed by atoms with Crippen LogP contribution in [-0.4, -0.2) is 30.4 Å². The number of ether oxygens (including phenoxy) is 1. The third-order valence-electron chi connectivity index (χ3n) is 4.88. The molecule has 3 rings (SSSR count). The van der Waals surface area contributed by atoms with Crippen molar-refractivity contribution < 1.29 is 18.7 Å². The molecular weight excluding hydrogens is 395 g/mol. The summed E-state index contributed by atoms with van der Waals surface area (Å²) in [5, 5.41) is 2.46. The minimum absolute atomic E-state index is 0.0775. The quantitative estimate of drug-likeness (QED) is 0.601. The van der Waals surface area contributed by atoms with Crippen molar-refractivity contribution in [3.8, 4) is 5.75 Å². The molecule has 3 aromatic carbocycles. The Morgan fingerprint density at radius 1 is 1.00 bits per heavy atom. The third kappa shape index (κ3) is 5.69. The lowest BCUT2D eigenvalue weighted by Crippen LogP contribution is -2.27. The maximum absolute atomic E-state index is 13.7. The summed E-state index contributed by atoms with van der Waals surface area (Å²) in [7, 11) is 1.73. The van der Waals surface area contributed by atoms with E-state index >= 15 is 0 Å². The Balaban J connectivity index is 1.67. The molecule has 0 radical (unpaired) electrons. The maximum Gasteiger partial charge on any atom is 0.262 e. The number of nitrogens with one attached hydrogen (secondary N) is 1. The summed E-state index contributed by atoms with van der Waals surface area (Å²) in [6.07, 6.45) is 0. The van der Waals surface area contributed by atoms with Gasteiger partial charge in [0.15, 0.2) is 6.61 Å². The number of aryl methyl sites for hydroxylation is 2. The number of hydrogen-bond acceptors (Lipinski definition) is 3. The number of nitrogens with zero attached hydrogens (tertiary/aromatic N) is 1. The van der Waals surface area contributed by atoms with E-state index in [9.17, 15) is 14.0 Å². The topological polar surface area (TPSA) is 58.6 Å². The molecule has 0 aliphatic rings. The fourth-order valence-corrected chi connectivity index (χ4v) is 3.22. The van der Waals surface area contributed by atoms with E-state index in [1.54, 1.807) is 42.3 Å². The zero-order chi connectivity index (χ0) is 22.4. The molecule has 31 heavy (non-hydrogen) atoms. The standard InChI is InChI=1S/C25H25FN2O3/c1-17-12-13-19(18(2)14-17)15-28(3)25(30)20-8-4-7-11-23(20)31-16-24(29)27-22-10-6-5-9-21(22)26/h4-14H,15-16H2,1-3H3,(H,27,29).